The summed E-state index contributed by atoms with van der Waals surface area (Å²) in [5.41, 5.74) is 4.73. The van der Waals surface area contributed by atoms with Gasteiger partial charge >= 0.3 is 0 Å². The first kappa shape index (κ1) is 20.9. The molecule has 0 N–H and O–H groups in total. The summed E-state index contributed by atoms with van der Waals surface area (Å²) >= 11 is 3.38. The lowest BCUT2D eigenvalue weighted by molar-refractivity contribution is 0.104. The Morgan fingerprint density at radius 3 is 2.45 bits per heavy atom. The van der Waals surface area contributed by atoms with Gasteiger partial charge in [0.2, 0.25) is 0 Å². The van der Waals surface area contributed by atoms with Crippen molar-refractivity contribution in [3.63, 3.8) is 0 Å². The van der Waals surface area contributed by atoms with Crippen molar-refractivity contribution in [3.8, 4) is 11.5 Å². The number of hydrogen-bond acceptors (Lipinski definition) is 3. The Labute approximate surface area is 180 Å². The van der Waals surface area contributed by atoms with E-state index in [9.17, 15) is 4.79 Å². The van der Waals surface area contributed by atoms with Gasteiger partial charge in [0, 0.05) is 15.6 Å². The van der Waals surface area contributed by atoms with Crippen LogP contribution in [0.1, 0.15) is 32.6 Å². The summed E-state index contributed by atoms with van der Waals surface area (Å²) in [4.78, 5) is 12.4. The van der Waals surface area contributed by atoms with Crippen LogP contribution in [-0.2, 0) is 6.61 Å². The predicted molar refractivity (Wildman–Crippen MR) is 121 cm³/mol. The van der Waals surface area contributed by atoms with Gasteiger partial charge in [0.25, 0.3) is 0 Å². The van der Waals surface area contributed by atoms with Crippen LogP contribution in [0.5, 0.6) is 11.5 Å². The van der Waals surface area contributed by atoms with Crippen molar-refractivity contribution in [3.05, 3.63) is 99.0 Å². The number of benzene rings is 3. The van der Waals surface area contributed by atoms with Crippen molar-refractivity contribution in [2.75, 3.05) is 7.11 Å². The predicted octanol–water partition coefficient (Wildman–Crippen LogP) is 6.55. The zero-order chi connectivity index (χ0) is 20.8. The summed E-state index contributed by atoms with van der Waals surface area (Å²) in [7, 11) is 1.64. The number of ketones is 1. The van der Waals surface area contributed by atoms with Crippen LogP contribution in [0.25, 0.3) is 6.08 Å². The fourth-order valence-electron chi connectivity index (χ4n) is 2.92. The Bertz CT molecular complexity index is 1040. The molecule has 0 saturated carbocycles. The highest BCUT2D eigenvalue weighted by atomic mass is 79.9. The number of rotatable bonds is 7. The second-order valence-electron chi connectivity index (χ2n) is 6.83. The molecule has 0 saturated heterocycles. The number of hydrogen-bond donors (Lipinski definition) is 0. The summed E-state index contributed by atoms with van der Waals surface area (Å²) in [6, 6.07) is 19.3. The van der Waals surface area contributed by atoms with Gasteiger partial charge in [0.05, 0.1) is 7.11 Å². The number of allylic oxidation sites excluding steroid dienone is 1. The quantitative estimate of drug-likeness (QED) is 0.302. The van der Waals surface area contributed by atoms with Crippen molar-refractivity contribution < 1.29 is 14.3 Å². The Balaban J connectivity index is 1.76. The van der Waals surface area contributed by atoms with Gasteiger partial charge < -0.3 is 9.47 Å². The minimum Gasteiger partial charge on any atom is -0.496 e. The second-order valence-corrected chi connectivity index (χ2v) is 7.75. The summed E-state index contributed by atoms with van der Waals surface area (Å²) in [6.45, 7) is 4.45. The molecule has 0 unspecified atom stereocenters. The smallest absolute Gasteiger partial charge is 0.185 e. The highest BCUT2D eigenvalue weighted by molar-refractivity contribution is 9.10. The minimum absolute atomic E-state index is 0.0403. The maximum atomic E-state index is 12.4. The fraction of sp³-hybridized carbons (Fsp3) is 0.160. The lowest BCUT2D eigenvalue weighted by Crippen LogP contribution is -2.01. The zero-order valence-electron chi connectivity index (χ0n) is 16.7. The third-order valence-electron chi connectivity index (χ3n) is 4.59. The van der Waals surface area contributed by atoms with E-state index in [-0.39, 0.29) is 5.78 Å². The molecular formula is C25H23BrO3. The third-order valence-corrected chi connectivity index (χ3v) is 5.12. The van der Waals surface area contributed by atoms with Crippen molar-refractivity contribution in [1.82, 2.24) is 0 Å². The number of carbonyl (C=O) groups is 1. The monoisotopic (exact) mass is 450 g/mol. The lowest BCUT2D eigenvalue weighted by Gasteiger charge is -2.13. The molecule has 4 heteroatoms. The zero-order valence-corrected chi connectivity index (χ0v) is 18.3. The average molecular weight is 451 g/mol. The number of carbonyl (C=O) groups excluding carboxylic acids is 1. The molecule has 0 fully saturated rings. The van der Waals surface area contributed by atoms with Crippen LogP contribution in [0.15, 0.2) is 71.2 Å². The van der Waals surface area contributed by atoms with E-state index in [1.807, 2.05) is 56.3 Å². The van der Waals surface area contributed by atoms with Crippen molar-refractivity contribution >= 4 is 27.8 Å². The van der Waals surface area contributed by atoms with E-state index in [1.165, 1.54) is 0 Å². The fourth-order valence-corrected chi connectivity index (χ4v) is 3.18. The largest absolute Gasteiger partial charge is 0.496 e. The maximum Gasteiger partial charge on any atom is 0.185 e. The van der Waals surface area contributed by atoms with E-state index in [1.54, 1.807) is 25.3 Å². The summed E-state index contributed by atoms with van der Waals surface area (Å²) < 4.78 is 12.5. The Hall–Kier alpha value is -2.85. The molecule has 3 aromatic rings. The van der Waals surface area contributed by atoms with E-state index >= 15 is 0 Å². The Kier molecular flexibility index (Phi) is 6.89. The van der Waals surface area contributed by atoms with Crippen LogP contribution >= 0.6 is 15.9 Å². The highest BCUT2D eigenvalue weighted by Crippen LogP contribution is 2.25. The van der Waals surface area contributed by atoms with Gasteiger partial charge in [0.1, 0.15) is 18.1 Å². The topological polar surface area (TPSA) is 35.5 Å². The van der Waals surface area contributed by atoms with E-state index in [2.05, 4.69) is 28.1 Å². The normalized spacial score (nSPS) is 10.9. The minimum atomic E-state index is -0.0403. The molecule has 0 heterocycles. The van der Waals surface area contributed by atoms with Crippen LogP contribution < -0.4 is 9.47 Å². The molecule has 29 heavy (non-hydrogen) atoms. The second kappa shape index (κ2) is 9.57. The molecule has 0 bridgehead atoms. The standard InChI is InChI=1S/C25H23BrO3/c1-17-4-5-18(2)25(14-17)29-16-21-15-19(7-13-24(21)28-3)6-12-23(27)20-8-10-22(26)11-9-20/h4-15H,16H2,1-3H3/b12-6+. The van der Waals surface area contributed by atoms with Crippen LogP contribution in [0.2, 0.25) is 0 Å². The molecule has 0 aliphatic carbocycles. The van der Waals surface area contributed by atoms with E-state index in [4.69, 9.17) is 9.47 Å². The van der Waals surface area contributed by atoms with Crippen LogP contribution in [0.4, 0.5) is 0 Å². The molecule has 0 amide bonds. The van der Waals surface area contributed by atoms with Crippen LogP contribution in [0.3, 0.4) is 0 Å². The van der Waals surface area contributed by atoms with E-state index in [0.29, 0.717) is 12.2 Å². The van der Waals surface area contributed by atoms with Gasteiger partial charge in [-0.15, -0.1) is 0 Å². The van der Waals surface area contributed by atoms with Gasteiger partial charge in [-0.3, -0.25) is 4.79 Å². The Morgan fingerprint density at radius 2 is 1.72 bits per heavy atom. The summed E-state index contributed by atoms with van der Waals surface area (Å²) in [5, 5.41) is 0. The van der Waals surface area contributed by atoms with Crippen molar-refractivity contribution in [1.29, 1.82) is 0 Å². The first-order chi connectivity index (χ1) is 14.0. The molecule has 0 atom stereocenters. The third kappa shape index (κ3) is 5.58. The molecule has 3 aromatic carbocycles. The molecule has 3 rings (SSSR count). The molecule has 0 radical (unpaired) electrons. The number of methoxy groups -OCH3 is 1. The van der Waals surface area contributed by atoms with Gasteiger partial charge in [-0.05, 0) is 79.1 Å². The first-order valence-corrected chi connectivity index (χ1v) is 10.1. The Morgan fingerprint density at radius 1 is 0.966 bits per heavy atom. The lowest BCUT2D eigenvalue weighted by atomic mass is 10.1. The van der Waals surface area contributed by atoms with E-state index < -0.39 is 0 Å². The number of ether oxygens (including phenoxy) is 2. The molecule has 0 aliphatic heterocycles. The number of halogens is 1. The average Bonchev–Trinajstić information content (AvgIpc) is 2.73. The molecule has 0 aromatic heterocycles. The van der Waals surface area contributed by atoms with E-state index in [0.717, 1.165) is 38.2 Å². The molecule has 0 spiro atoms. The number of aryl methyl sites for hydroxylation is 2. The highest BCUT2D eigenvalue weighted by Gasteiger charge is 2.07. The van der Waals surface area contributed by atoms with Crippen molar-refractivity contribution in [2.24, 2.45) is 0 Å². The molecule has 0 aliphatic rings. The van der Waals surface area contributed by atoms with Crippen LogP contribution in [-0.4, -0.2) is 12.9 Å². The molecule has 3 nitrogen and oxygen atoms in total. The molecule has 148 valence electrons. The van der Waals surface area contributed by atoms with Gasteiger partial charge in [-0.1, -0.05) is 40.2 Å². The van der Waals surface area contributed by atoms with Crippen LogP contribution in [0, 0.1) is 13.8 Å². The SMILES string of the molecule is COc1ccc(/C=C/C(=O)c2ccc(Br)cc2)cc1COc1cc(C)ccc1C. The van der Waals surface area contributed by atoms with Crippen molar-refractivity contribution in [2.45, 2.75) is 20.5 Å². The van der Waals surface area contributed by atoms with Gasteiger partial charge in [-0.2, -0.15) is 0 Å². The van der Waals surface area contributed by atoms with Gasteiger partial charge in [-0.25, -0.2) is 0 Å². The summed E-state index contributed by atoms with van der Waals surface area (Å²) in [5.74, 6) is 1.58. The van der Waals surface area contributed by atoms with Gasteiger partial charge in [0.15, 0.2) is 5.78 Å². The maximum absolute atomic E-state index is 12.4. The molecular weight excluding hydrogens is 428 g/mol. The summed E-state index contributed by atoms with van der Waals surface area (Å²) in [6.07, 6.45) is 3.39. The first-order valence-electron chi connectivity index (χ1n) is 9.31.